The standard InChI is InChI=1S/C28H36F3N3O3/c1-17-23(26(36)32-22-15-37-16-22)13-24(34(17)14-18-8-6-5-7-9-18)19-10-20(25(35)33-27(2,3)4)12-21(11-19)28(29,30)31/h10-13,18,22H,5-9,14-16H2,1-4H3,(H,32,36)(H,33,35). The first-order chi connectivity index (χ1) is 17.3. The van der Waals surface area contributed by atoms with Gasteiger partial charge in [-0.25, -0.2) is 0 Å². The van der Waals surface area contributed by atoms with Crippen molar-refractivity contribution in [3.8, 4) is 11.3 Å². The maximum Gasteiger partial charge on any atom is 0.416 e. The highest BCUT2D eigenvalue weighted by atomic mass is 19.4. The Morgan fingerprint density at radius 3 is 2.24 bits per heavy atom. The summed E-state index contributed by atoms with van der Waals surface area (Å²) < 4.78 is 48.9. The molecule has 1 aliphatic carbocycles. The minimum absolute atomic E-state index is 0.0690. The molecule has 6 nitrogen and oxygen atoms in total. The summed E-state index contributed by atoms with van der Waals surface area (Å²) in [5.41, 5.74) is 0.324. The molecule has 4 rings (SSSR count). The fourth-order valence-corrected chi connectivity index (χ4v) is 5.04. The molecule has 0 unspecified atom stereocenters. The molecule has 0 atom stereocenters. The molecule has 2 heterocycles. The van der Waals surface area contributed by atoms with E-state index in [1.807, 2.05) is 11.5 Å². The quantitative estimate of drug-likeness (QED) is 0.513. The normalized spacial score (nSPS) is 17.4. The van der Waals surface area contributed by atoms with Crippen LogP contribution in [0.4, 0.5) is 13.2 Å². The first-order valence-electron chi connectivity index (χ1n) is 13.0. The van der Waals surface area contributed by atoms with Crippen LogP contribution in [0.15, 0.2) is 24.3 Å². The summed E-state index contributed by atoms with van der Waals surface area (Å²) in [5.74, 6) is -0.471. The van der Waals surface area contributed by atoms with Crippen molar-refractivity contribution in [2.24, 2.45) is 5.92 Å². The maximum absolute atomic E-state index is 13.9. The number of nitrogens with one attached hydrogen (secondary N) is 2. The highest BCUT2D eigenvalue weighted by molar-refractivity contribution is 5.98. The van der Waals surface area contributed by atoms with Crippen LogP contribution < -0.4 is 10.6 Å². The van der Waals surface area contributed by atoms with Gasteiger partial charge in [-0.3, -0.25) is 9.59 Å². The third-order valence-electron chi connectivity index (χ3n) is 7.06. The highest BCUT2D eigenvalue weighted by Crippen LogP contribution is 2.36. The fourth-order valence-electron chi connectivity index (χ4n) is 5.04. The van der Waals surface area contributed by atoms with Crippen molar-refractivity contribution in [3.63, 3.8) is 0 Å². The zero-order valence-electron chi connectivity index (χ0n) is 21.9. The zero-order chi connectivity index (χ0) is 27.0. The van der Waals surface area contributed by atoms with Crippen molar-refractivity contribution in [1.82, 2.24) is 15.2 Å². The van der Waals surface area contributed by atoms with Gasteiger partial charge in [0.1, 0.15) is 0 Å². The van der Waals surface area contributed by atoms with Crippen LogP contribution in [0.3, 0.4) is 0 Å². The molecule has 1 aliphatic heterocycles. The van der Waals surface area contributed by atoms with Gasteiger partial charge < -0.3 is 19.9 Å². The van der Waals surface area contributed by atoms with Crippen LogP contribution in [-0.2, 0) is 17.5 Å². The Bertz CT molecular complexity index is 1150. The van der Waals surface area contributed by atoms with Crippen LogP contribution in [-0.4, -0.2) is 41.2 Å². The zero-order valence-corrected chi connectivity index (χ0v) is 21.9. The fraction of sp³-hybridized carbons (Fsp3) is 0.571. The number of hydrogen-bond donors (Lipinski definition) is 2. The molecule has 1 saturated heterocycles. The van der Waals surface area contributed by atoms with E-state index in [2.05, 4.69) is 10.6 Å². The van der Waals surface area contributed by atoms with Gasteiger partial charge in [-0.05, 0) is 76.3 Å². The Hall–Kier alpha value is -2.81. The summed E-state index contributed by atoms with van der Waals surface area (Å²) in [7, 11) is 0. The van der Waals surface area contributed by atoms with Crippen molar-refractivity contribution in [3.05, 3.63) is 46.6 Å². The lowest BCUT2D eigenvalue weighted by Crippen LogP contribution is -2.48. The molecule has 1 aromatic heterocycles. The number of ether oxygens (including phenoxy) is 1. The Labute approximate surface area is 215 Å². The number of halogens is 3. The van der Waals surface area contributed by atoms with Crippen molar-refractivity contribution in [2.75, 3.05) is 13.2 Å². The van der Waals surface area contributed by atoms with E-state index in [4.69, 9.17) is 4.74 Å². The molecule has 202 valence electrons. The van der Waals surface area contributed by atoms with Crippen LogP contribution >= 0.6 is 0 Å². The number of benzene rings is 1. The number of aromatic nitrogens is 1. The van der Waals surface area contributed by atoms with Gasteiger partial charge >= 0.3 is 6.18 Å². The van der Waals surface area contributed by atoms with Crippen molar-refractivity contribution >= 4 is 11.8 Å². The molecule has 37 heavy (non-hydrogen) atoms. The topological polar surface area (TPSA) is 72.4 Å². The summed E-state index contributed by atoms with van der Waals surface area (Å²) in [4.78, 5) is 26.0. The SMILES string of the molecule is Cc1c(C(=O)NC2COC2)cc(-c2cc(C(=O)NC(C)(C)C)cc(C(F)(F)F)c2)n1CC1CCCCC1. The minimum Gasteiger partial charge on any atom is -0.377 e. The Morgan fingerprint density at radius 1 is 1.00 bits per heavy atom. The molecule has 0 bridgehead atoms. The lowest BCUT2D eigenvalue weighted by Gasteiger charge is -2.27. The Morgan fingerprint density at radius 2 is 1.68 bits per heavy atom. The van der Waals surface area contributed by atoms with E-state index in [-0.39, 0.29) is 23.1 Å². The summed E-state index contributed by atoms with van der Waals surface area (Å²) in [5, 5.41) is 5.69. The van der Waals surface area contributed by atoms with Gasteiger partial charge in [0.15, 0.2) is 0 Å². The number of hydrogen-bond acceptors (Lipinski definition) is 3. The molecule has 9 heteroatoms. The second-order valence-corrected chi connectivity index (χ2v) is 11.4. The van der Waals surface area contributed by atoms with Gasteiger partial charge in [-0.1, -0.05) is 19.3 Å². The van der Waals surface area contributed by atoms with Gasteiger partial charge in [-0.15, -0.1) is 0 Å². The smallest absolute Gasteiger partial charge is 0.377 e. The van der Waals surface area contributed by atoms with Gasteiger partial charge in [0.25, 0.3) is 11.8 Å². The monoisotopic (exact) mass is 519 g/mol. The molecule has 2 amide bonds. The number of carbonyl (C=O) groups excluding carboxylic acids is 2. The van der Waals surface area contributed by atoms with E-state index in [9.17, 15) is 22.8 Å². The third kappa shape index (κ3) is 6.55. The number of rotatable bonds is 6. The molecule has 2 aromatic rings. The van der Waals surface area contributed by atoms with E-state index >= 15 is 0 Å². The predicted octanol–water partition coefficient (Wildman–Crippen LogP) is 5.72. The van der Waals surface area contributed by atoms with E-state index < -0.39 is 23.2 Å². The van der Waals surface area contributed by atoms with Gasteiger partial charge in [0, 0.05) is 29.0 Å². The second-order valence-electron chi connectivity index (χ2n) is 11.4. The molecule has 2 aliphatic rings. The molecule has 1 aromatic carbocycles. The van der Waals surface area contributed by atoms with Crippen LogP contribution in [0.25, 0.3) is 11.3 Å². The maximum atomic E-state index is 13.9. The van der Waals surface area contributed by atoms with Gasteiger partial charge in [-0.2, -0.15) is 13.2 Å². The lowest BCUT2D eigenvalue weighted by molar-refractivity contribution is -0.137. The number of carbonyl (C=O) groups is 2. The van der Waals surface area contributed by atoms with E-state index in [1.54, 1.807) is 26.8 Å². The first kappa shape index (κ1) is 27.2. The Kier molecular flexibility index (Phi) is 7.74. The first-order valence-corrected chi connectivity index (χ1v) is 13.0. The lowest BCUT2D eigenvalue weighted by atomic mass is 9.89. The van der Waals surface area contributed by atoms with Crippen LogP contribution in [0.2, 0.25) is 0 Å². The van der Waals surface area contributed by atoms with E-state index in [0.29, 0.717) is 42.6 Å². The average molecular weight is 520 g/mol. The molecular formula is C28H36F3N3O3. The molecular weight excluding hydrogens is 483 g/mol. The van der Waals surface area contributed by atoms with Crippen molar-refractivity contribution in [2.45, 2.75) is 84.1 Å². The summed E-state index contributed by atoms with van der Waals surface area (Å²) in [6.45, 7) is 8.66. The van der Waals surface area contributed by atoms with Crippen molar-refractivity contribution in [1.29, 1.82) is 0 Å². The summed E-state index contributed by atoms with van der Waals surface area (Å²) >= 11 is 0. The van der Waals surface area contributed by atoms with E-state index in [0.717, 1.165) is 37.8 Å². The van der Waals surface area contributed by atoms with Crippen LogP contribution in [0.5, 0.6) is 0 Å². The molecule has 0 spiro atoms. The summed E-state index contributed by atoms with van der Waals surface area (Å²) in [6.07, 6.45) is 0.879. The highest BCUT2D eigenvalue weighted by Gasteiger charge is 2.33. The number of nitrogens with zero attached hydrogens (tertiary/aromatic N) is 1. The minimum atomic E-state index is -4.63. The predicted molar refractivity (Wildman–Crippen MR) is 135 cm³/mol. The largest absolute Gasteiger partial charge is 0.416 e. The Balaban J connectivity index is 1.80. The number of amides is 2. The van der Waals surface area contributed by atoms with Gasteiger partial charge in [0.05, 0.1) is 30.4 Å². The van der Waals surface area contributed by atoms with Gasteiger partial charge in [0.2, 0.25) is 0 Å². The van der Waals surface area contributed by atoms with Crippen LogP contribution in [0.1, 0.15) is 84.8 Å². The molecule has 0 radical (unpaired) electrons. The molecule has 1 saturated carbocycles. The molecule has 2 fully saturated rings. The average Bonchev–Trinajstić information content (AvgIpc) is 3.11. The molecule has 2 N–H and O–H groups in total. The van der Waals surface area contributed by atoms with E-state index in [1.165, 1.54) is 12.5 Å². The number of alkyl halides is 3. The second kappa shape index (κ2) is 10.5. The summed E-state index contributed by atoms with van der Waals surface area (Å²) in [6, 6.07) is 5.04. The third-order valence-corrected chi connectivity index (χ3v) is 7.06. The van der Waals surface area contributed by atoms with Crippen molar-refractivity contribution < 1.29 is 27.5 Å². The van der Waals surface area contributed by atoms with Crippen LogP contribution in [0, 0.1) is 12.8 Å².